The zero-order chi connectivity index (χ0) is 14.3. The highest BCUT2D eigenvalue weighted by Gasteiger charge is 2.29. The van der Waals surface area contributed by atoms with Crippen molar-refractivity contribution in [3.63, 3.8) is 0 Å². The highest BCUT2D eigenvalue weighted by molar-refractivity contribution is 7.89. The van der Waals surface area contributed by atoms with Gasteiger partial charge < -0.3 is 10.3 Å². The predicted octanol–water partition coefficient (Wildman–Crippen LogP) is 1.42. The summed E-state index contributed by atoms with van der Waals surface area (Å²) in [5.74, 6) is 0.0290. The molecule has 0 radical (unpaired) electrons. The van der Waals surface area contributed by atoms with E-state index in [1.807, 2.05) is 11.4 Å². The Morgan fingerprint density at radius 2 is 2.35 bits per heavy atom. The summed E-state index contributed by atoms with van der Waals surface area (Å²) in [4.78, 5) is 5.10. The molecule has 1 aliphatic rings. The van der Waals surface area contributed by atoms with Gasteiger partial charge in [0.05, 0.1) is 6.33 Å². The molecule has 20 heavy (non-hydrogen) atoms. The van der Waals surface area contributed by atoms with Crippen molar-refractivity contribution in [1.29, 1.82) is 0 Å². The average molecular weight is 312 g/mol. The molecular weight excluding hydrogens is 296 g/mol. The Morgan fingerprint density at radius 3 is 3.05 bits per heavy atom. The van der Waals surface area contributed by atoms with Crippen molar-refractivity contribution >= 4 is 27.2 Å². The van der Waals surface area contributed by atoms with Crippen LogP contribution in [0.25, 0.3) is 0 Å². The Balaban J connectivity index is 1.93. The van der Waals surface area contributed by atoms with Gasteiger partial charge in [-0.25, -0.2) is 18.1 Å². The smallest absolute Gasteiger partial charge is 0.260 e. The number of aromatic nitrogens is 2. The molecule has 1 unspecified atom stereocenters. The second-order valence-corrected chi connectivity index (χ2v) is 7.54. The number of anilines is 1. The summed E-state index contributed by atoms with van der Waals surface area (Å²) >= 11 is 1.68. The van der Waals surface area contributed by atoms with Crippen molar-refractivity contribution in [2.45, 2.75) is 30.3 Å². The number of sulfonamides is 1. The van der Waals surface area contributed by atoms with Crippen LogP contribution in [0.4, 0.5) is 5.82 Å². The summed E-state index contributed by atoms with van der Waals surface area (Å²) in [6.07, 6.45) is 4.22. The van der Waals surface area contributed by atoms with Crippen molar-refractivity contribution in [2.75, 3.05) is 5.73 Å². The van der Waals surface area contributed by atoms with E-state index in [9.17, 15) is 8.42 Å². The molecular formula is C12H16N4O2S2. The van der Waals surface area contributed by atoms with E-state index < -0.39 is 10.0 Å². The number of nitrogens with one attached hydrogen (secondary N) is 1. The number of fused-ring (bicyclic) bond motifs is 1. The van der Waals surface area contributed by atoms with Crippen molar-refractivity contribution in [2.24, 2.45) is 7.05 Å². The monoisotopic (exact) mass is 312 g/mol. The summed E-state index contributed by atoms with van der Waals surface area (Å²) in [6.45, 7) is 0. The molecule has 0 aliphatic heterocycles. The first-order valence-corrected chi connectivity index (χ1v) is 8.70. The Labute approximate surface area is 121 Å². The maximum atomic E-state index is 12.5. The fraction of sp³-hybridized carbons (Fsp3) is 0.417. The van der Waals surface area contributed by atoms with Crippen molar-refractivity contribution in [3.05, 3.63) is 28.2 Å². The fourth-order valence-electron chi connectivity index (χ4n) is 2.62. The topological polar surface area (TPSA) is 90.0 Å². The minimum absolute atomic E-state index is 0.0276. The van der Waals surface area contributed by atoms with Crippen LogP contribution in [0.1, 0.15) is 29.3 Å². The fourth-order valence-corrected chi connectivity index (χ4v) is 5.09. The second kappa shape index (κ2) is 4.87. The maximum absolute atomic E-state index is 12.5. The Morgan fingerprint density at radius 1 is 1.55 bits per heavy atom. The van der Waals surface area contributed by atoms with Crippen LogP contribution < -0.4 is 10.5 Å². The van der Waals surface area contributed by atoms with Gasteiger partial charge in [-0.3, -0.25) is 0 Å². The van der Waals surface area contributed by atoms with E-state index in [1.165, 1.54) is 15.8 Å². The minimum Gasteiger partial charge on any atom is -0.381 e. The summed E-state index contributed by atoms with van der Waals surface area (Å²) in [7, 11) is -2.05. The quantitative estimate of drug-likeness (QED) is 0.897. The van der Waals surface area contributed by atoms with E-state index in [0.29, 0.717) is 0 Å². The summed E-state index contributed by atoms with van der Waals surface area (Å²) in [5.41, 5.74) is 6.75. The lowest BCUT2D eigenvalue weighted by Gasteiger charge is -2.23. The summed E-state index contributed by atoms with van der Waals surface area (Å²) in [5, 5.41) is 2.04. The lowest BCUT2D eigenvalue weighted by atomic mass is 9.95. The number of rotatable bonds is 3. The molecule has 0 aromatic carbocycles. The van der Waals surface area contributed by atoms with Crippen LogP contribution in [0.5, 0.6) is 0 Å². The van der Waals surface area contributed by atoms with Crippen LogP contribution >= 0.6 is 11.3 Å². The number of hydrogen-bond donors (Lipinski definition) is 2. The van der Waals surface area contributed by atoms with Gasteiger partial charge >= 0.3 is 0 Å². The molecule has 2 aromatic heterocycles. The van der Waals surface area contributed by atoms with E-state index in [4.69, 9.17) is 5.73 Å². The summed E-state index contributed by atoms with van der Waals surface area (Å²) in [6, 6.07) is 1.82. The standard InChI is InChI=1S/C12H16N4O2S2/c1-16-7-14-11(13)12(16)20(17,18)15-9-3-2-4-10-8(9)5-6-19-10/h5-7,9,15H,2-4,13H2,1H3. The van der Waals surface area contributed by atoms with E-state index in [1.54, 1.807) is 18.4 Å². The van der Waals surface area contributed by atoms with Gasteiger partial charge in [0.25, 0.3) is 10.0 Å². The molecule has 1 aliphatic carbocycles. The van der Waals surface area contributed by atoms with Gasteiger partial charge in [0.1, 0.15) is 0 Å². The Kier molecular flexibility index (Phi) is 3.31. The first kappa shape index (κ1) is 13.6. The highest BCUT2D eigenvalue weighted by atomic mass is 32.2. The van der Waals surface area contributed by atoms with Gasteiger partial charge in [-0.1, -0.05) is 0 Å². The number of thiophene rings is 1. The number of nitrogen functional groups attached to an aromatic ring is 1. The SMILES string of the molecule is Cn1cnc(N)c1S(=O)(=O)NC1CCCc2sccc21. The Bertz CT molecular complexity index is 713. The largest absolute Gasteiger partial charge is 0.381 e. The number of aryl methyl sites for hydroxylation is 2. The zero-order valence-corrected chi connectivity index (χ0v) is 12.7. The first-order valence-electron chi connectivity index (χ1n) is 6.34. The van der Waals surface area contributed by atoms with E-state index in [-0.39, 0.29) is 16.9 Å². The average Bonchev–Trinajstić information content (AvgIpc) is 2.96. The predicted molar refractivity (Wildman–Crippen MR) is 77.9 cm³/mol. The van der Waals surface area contributed by atoms with Crippen LogP contribution in [-0.2, 0) is 23.5 Å². The third kappa shape index (κ3) is 2.23. The molecule has 0 saturated carbocycles. The van der Waals surface area contributed by atoms with Crippen LogP contribution in [0.2, 0.25) is 0 Å². The molecule has 108 valence electrons. The van der Waals surface area contributed by atoms with E-state index in [2.05, 4.69) is 9.71 Å². The third-order valence-electron chi connectivity index (χ3n) is 3.51. The van der Waals surface area contributed by atoms with Gasteiger partial charge in [0.15, 0.2) is 10.8 Å². The van der Waals surface area contributed by atoms with Gasteiger partial charge in [-0.05, 0) is 36.3 Å². The molecule has 0 fully saturated rings. The first-order chi connectivity index (χ1) is 9.49. The lowest BCUT2D eigenvalue weighted by molar-refractivity contribution is 0.507. The van der Waals surface area contributed by atoms with E-state index >= 15 is 0 Å². The normalized spacial score (nSPS) is 18.9. The number of hydrogen-bond acceptors (Lipinski definition) is 5. The molecule has 0 spiro atoms. The van der Waals surface area contributed by atoms with Gasteiger partial charge in [-0.2, -0.15) is 0 Å². The van der Waals surface area contributed by atoms with Crippen LogP contribution in [0.15, 0.2) is 22.8 Å². The highest BCUT2D eigenvalue weighted by Crippen LogP contribution is 2.34. The molecule has 0 bridgehead atoms. The molecule has 3 rings (SSSR count). The van der Waals surface area contributed by atoms with Gasteiger partial charge in [0, 0.05) is 18.0 Å². The number of nitrogens with two attached hydrogens (primary N) is 1. The molecule has 6 nitrogen and oxygen atoms in total. The Hall–Kier alpha value is -1.38. The molecule has 8 heteroatoms. The van der Waals surface area contributed by atoms with Crippen molar-refractivity contribution < 1.29 is 8.42 Å². The number of nitrogens with zero attached hydrogens (tertiary/aromatic N) is 2. The van der Waals surface area contributed by atoms with Gasteiger partial charge in [-0.15, -0.1) is 11.3 Å². The molecule has 1 atom stereocenters. The van der Waals surface area contributed by atoms with Crippen LogP contribution in [-0.4, -0.2) is 18.0 Å². The maximum Gasteiger partial charge on any atom is 0.260 e. The molecule has 0 amide bonds. The lowest BCUT2D eigenvalue weighted by Crippen LogP contribution is -2.32. The summed E-state index contributed by atoms with van der Waals surface area (Å²) < 4.78 is 29.2. The molecule has 2 heterocycles. The van der Waals surface area contributed by atoms with E-state index in [0.717, 1.165) is 24.8 Å². The van der Waals surface area contributed by atoms with Crippen LogP contribution in [0.3, 0.4) is 0 Å². The van der Waals surface area contributed by atoms with Crippen molar-refractivity contribution in [3.8, 4) is 0 Å². The van der Waals surface area contributed by atoms with Gasteiger partial charge in [0.2, 0.25) is 0 Å². The van der Waals surface area contributed by atoms with Crippen molar-refractivity contribution in [1.82, 2.24) is 14.3 Å². The zero-order valence-electron chi connectivity index (χ0n) is 11.0. The molecule has 0 saturated heterocycles. The van der Waals surface area contributed by atoms with Crippen LogP contribution in [0, 0.1) is 0 Å². The third-order valence-corrected chi connectivity index (χ3v) is 6.11. The molecule has 2 aromatic rings. The second-order valence-electron chi connectivity index (χ2n) is 4.91. The molecule has 3 N–H and O–H groups in total. The minimum atomic E-state index is -3.67. The number of imidazole rings is 1.